The summed E-state index contributed by atoms with van der Waals surface area (Å²) in [6.45, 7) is 3.86. The maximum atomic E-state index is 12.2. The van der Waals surface area contributed by atoms with E-state index in [1.165, 1.54) is 0 Å². The quantitative estimate of drug-likeness (QED) is 0.886. The second kappa shape index (κ2) is 7.24. The predicted molar refractivity (Wildman–Crippen MR) is 86.8 cm³/mol. The molecule has 1 fully saturated rings. The zero-order valence-electron chi connectivity index (χ0n) is 13.0. The summed E-state index contributed by atoms with van der Waals surface area (Å²) in [5.41, 5.74) is 7.14. The van der Waals surface area contributed by atoms with Crippen LogP contribution < -0.4 is 5.73 Å². The molecule has 0 saturated carbocycles. The standard InChI is InChI=1S/C16H24N2O3S/c1-13-5-7-18(8-6-13)16(19)12-22(20,21)11-15-4-2-3-14(9-15)10-17/h2-4,9,13H,5-8,10-12,17H2,1H3. The number of likely N-dealkylation sites (tertiary alicyclic amines) is 1. The summed E-state index contributed by atoms with van der Waals surface area (Å²) >= 11 is 0. The summed E-state index contributed by atoms with van der Waals surface area (Å²) in [5.74, 6) is -0.188. The van der Waals surface area contributed by atoms with Crippen LogP contribution in [0.25, 0.3) is 0 Å². The number of benzene rings is 1. The van der Waals surface area contributed by atoms with E-state index in [1.54, 1.807) is 23.1 Å². The Balaban J connectivity index is 1.96. The lowest BCUT2D eigenvalue weighted by Gasteiger charge is -2.30. The maximum Gasteiger partial charge on any atom is 0.237 e. The summed E-state index contributed by atoms with van der Waals surface area (Å²) in [5, 5.41) is 0. The summed E-state index contributed by atoms with van der Waals surface area (Å²) in [7, 11) is -3.45. The van der Waals surface area contributed by atoms with Crippen molar-refractivity contribution in [3.05, 3.63) is 35.4 Å². The number of carbonyl (C=O) groups excluding carboxylic acids is 1. The third-order valence-electron chi connectivity index (χ3n) is 4.09. The molecule has 22 heavy (non-hydrogen) atoms. The number of carbonyl (C=O) groups is 1. The monoisotopic (exact) mass is 324 g/mol. The van der Waals surface area contributed by atoms with Crippen LogP contribution in [0.5, 0.6) is 0 Å². The van der Waals surface area contributed by atoms with Crippen LogP contribution in [0.1, 0.15) is 30.9 Å². The molecule has 1 heterocycles. The highest BCUT2D eigenvalue weighted by molar-refractivity contribution is 7.91. The lowest BCUT2D eigenvalue weighted by molar-refractivity contribution is -0.129. The summed E-state index contributed by atoms with van der Waals surface area (Å²) in [6.07, 6.45) is 1.90. The topological polar surface area (TPSA) is 80.5 Å². The number of sulfone groups is 1. The van der Waals surface area contributed by atoms with E-state index < -0.39 is 15.6 Å². The molecule has 2 N–H and O–H groups in total. The molecular weight excluding hydrogens is 300 g/mol. The highest BCUT2D eigenvalue weighted by Gasteiger charge is 2.25. The van der Waals surface area contributed by atoms with Crippen molar-refractivity contribution in [3.63, 3.8) is 0 Å². The van der Waals surface area contributed by atoms with Gasteiger partial charge in [-0.2, -0.15) is 0 Å². The fourth-order valence-electron chi connectivity index (χ4n) is 2.69. The average molecular weight is 324 g/mol. The Morgan fingerprint density at radius 1 is 1.27 bits per heavy atom. The Kier molecular flexibility index (Phi) is 5.58. The van der Waals surface area contributed by atoms with Gasteiger partial charge in [-0.15, -0.1) is 0 Å². The summed E-state index contributed by atoms with van der Waals surface area (Å²) < 4.78 is 24.5. The third kappa shape index (κ3) is 4.81. The molecule has 0 aromatic heterocycles. The van der Waals surface area contributed by atoms with Crippen molar-refractivity contribution in [2.45, 2.75) is 32.1 Å². The molecule has 2 rings (SSSR count). The molecule has 1 aliphatic rings. The second-order valence-corrected chi connectivity index (χ2v) is 8.18. The molecular formula is C16H24N2O3S. The number of nitrogens with zero attached hydrogens (tertiary/aromatic N) is 1. The van der Waals surface area contributed by atoms with Crippen LogP contribution in [0, 0.1) is 5.92 Å². The molecule has 5 nitrogen and oxygen atoms in total. The van der Waals surface area contributed by atoms with Crippen LogP contribution in [0.3, 0.4) is 0 Å². The van der Waals surface area contributed by atoms with Crippen molar-refractivity contribution in [2.24, 2.45) is 11.7 Å². The van der Waals surface area contributed by atoms with Crippen molar-refractivity contribution in [1.29, 1.82) is 0 Å². The molecule has 122 valence electrons. The molecule has 0 bridgehead atoms. The number of nitrogens with two attached hydrogens (primary N) is 1. The first kappa shape index (κ1) is 17.0. The lowest BCUT2D eigenvalue weighted by Crippen LogP contribution is -2.41. The Morgan fingerprint density at radius 2 is 1.91 bits per heavy atom. The minimum atomic E-state index is -3.45. The number of amides is 1. The molecule has 0 radical (unpaired) electrons. The van der Waals surface area contributed by atoms with Gasteiger partial charge in [-0.3, -0.25) is 4.79 Å². The van der Waals surface area contributed by atoms with Crippen LogP contribution in [0.2, 0.25) is 0 Å². The van der Waals surface area contributed by atoms with Crippen molar-refractivity contribution < 1.29 is 13.2 Å². The highest BCUT2D eigenvalue weighted by atomic mass is 32.2. The molecule has 1 aromatic rings. The highest BCUT2D eigenvalue weighted by Crippen LogP contribution is 2.17. The maximum absolute atomic E-state index is 12.2. The van der Waals surface area contributed by atoms with Crippen LogP contribution in [-0.4, -0.2) is 38.1 Å². The van der Waals surface area contributed by atoms with Gasteiger partial charge < -0.3 is 10.6 Å². The minimum absolute atomic E-state index is 0.114. The van der Waals surface area contributed by atoms with Crippen molar-refractivity contribution >= 4 is 15.7 Å². The fourth-order valence-corrected chi connectivity index (χ4v) is 4.04. The number of hydrogen-bond donors (Lipinski definition) is 1. The van der Waals surface area contributed by atoms with Gasteiger partial charge in [0.2, 0.25) is 5.91 Å². The van der Waals surface area contributed by atoms with E-state index in [1.807, 2.05) is 6.07 Å². The van der Waals surface area contributed by atoms with E-state index in [0.717, 1.165) is 18.4 Å². The van der Waals surface area contributed by atoms with Gasteiger partial charge in [0.15, 0.2) is 9.84 Å². The lowest BCUT2D eigenvalue weighted by atomic mass is 9.99. The average Bonchev–Trinajstić information content (AvgIpc) is 2.47. The van der Waals surface area contributed by atoms with Gasteiger partial charge in [0.1, 0.15) is 5.75 Å². The van der Waals surface area contributed by atoms with E-state index >= 15 is 0 Å². The van der Waals surface area contributed by atoms with Crippen LogP contribution >= 0.6 is 0 Å². The molecule has 0 atom stereocenters. The predicted octanol–water partition coefficient (Wildman–Crippen LogP) is 1.32. The third-order valence-corrected chi connectivity index (χ3v) is 5.55. The Morgan fingerprint density at radius 3 is 2.55 bits per heavy atom. The van der Waals surface area contributed by atoms with Gasteiger partial charge in [0, 0.05) is 19.6 Å². The molecule has 1 amide bonds. The van der Waals surface area contributed by atoms with Crippen molar-refractivity contribution in [1.82, 2.24) is 4.90 Å². The van der Waals surface area contributed by atoms with Crippen LogP contribution in [0.15, 0.2) is 24.3 Å². The van der Waals surface area contributed by atoms with Crippen LogP contribution in [-0.2, 0) is 26.9 Å². The number of rotatable bonds is 5. The Hall–Kier alpha value is -1.40. The fraction of sp³-hybridized carbons (Fsp3) is 0.562. The van der Waals surface area contributed by atoms with E-state index in [2.05, 4.69) is 6.92 Å². The molecule has 6 heteroatoms. The van der Waals surface area contributed by atoms with E-state index in [4.69, 9.17) is 5.73 Å². The molecule has 0 unspecified atom stereocenters. The van der Waals surface area contributed by atoms with Gasteiger partial charge in [-0.05, 0) is 29.9 Å². The first-order valence-electron chi connectivity index (χ1n) is 7.65. The number of hydrogen-bond acceptors (Lipinski definition) is 4. The van der Waals surface area contributed by atoms with Gasteiger partial charge in [-0.1, -0.05) is 31.2 Å². The number of piperidine rings is 1. The zero-order chi connectivity index (χ0) is 16.2. The normalized spacial score (nSPS) is 16.7. The van der Waals surface area contributed by atoms with Gasteiger partial charge >= 0.3 is 0 Å². The van der Waals surface area contributed by atoms with Gasteiger partial charge in [-0.25, -0.2) is 8.42 Å². The Labute approximate surface area is 132 Å². The molecule has 1 aromatic carbocycles. The van der Waals surface area contributed by atoms with Gasteiger partial charge in [0.25, 0.3) is 0 Å². The first-order valence-corrected chi connectivity index (χ1v) is 9.48. The van der Waals surface area contributed by atoms with Crippen molar-refractivity contribution in [3.8, 4) is 0 Å². The molecule has 1 saturated heterocycles. The zero-order valence-corrected chi connectivity index (χ0v) is 13.8. The minimum Gasteiger partial charge on any atom is -0.342 e. The SMILES string of the molecule is CC1CCN(C(=O)CS(=O)(=O)Cc2cccc(CN)c2)CC1. The van der Waals surface area contributed by atoms with Gasteiger partial charge in [0.05, 0.1) is 5.75 Å². The first-order chi connectivity index (χ1) is 10.4. The van der Waals surface area contributed by atoms with E-state index in [0.29, 0.717) is 31.1 Å². The van der Waals surface area contributed by atoms with E-state index in [9.17, 15) is 13.2 Å². The van der Waals surface area contributed by atoms with Crippen molar-refractivity contribution in [2.75, 3.05) is 18.8 Å². The summed E-state index contributed by atoms with van der Waals surface area (Å²) in [4.78, 5) is 13.8. The smallest absolute Gasteiger partial charge is 0.237 e. The van der Waals surface area contributed by atoms with Crippen LogP contribution in [0.4, 0.5) is 0 Å². The molecule has 1 aliphatic heterocycles. The van der Waals surface area contributed by atoms with E-state index in [-0.39, 0.29) is 11.7 Å². The largest absolute Gasteiger partial charge is 0.342 e. The summed E-state index contributed by atoms with van der Waals surface area (Å²) in [6, 6.07) is 7.19. The molecule has 0 aliphatic carbocycles. The second-order valence-electron chi connectivity index (χ2n) is 6.12. The molecule has 0 spiro atoms. The Bertz CT molecular complexity index is 620.